The maximum atomic E-state index is 11.5. The number of anilines is 1. The number of nitrogens with one attached hydrogen (secondary N) is 1. The van der Waals surface area contributed by atoms with E-state index >= 15 is 0 Å². The third-order valence-corrected chi connectivity index (χ3v) is 4.80. The molecule has 2 rings (SSSR count). The molecule has 7 nitrogen and oxygen atoms in total. The largest absolute Gasteiger partial charge is 0.461 e. The second kappa shape index (κ2) is 4.84. The second-order valence-corrected chi connectivity index (χ2v) is 6.97. The van der Waals surface area contributed by atoms with Crippen LogP contribution in [0.4, 0.5) is 6.01 Å². The number of hydrogen-bond acceptors (Lipinski definition) is 7. The van der Waals surface area contributed by atoms with Gasteiger partial charge in [-0.3, -0.25) is 0 Å². The van der Waals surface area contributed by atoms with Crippen molar-refractivity contribution < 1.29 is 22.4 Å². The Balaban J connectivity index is 2.06. The first-order valence-corrected chi connectivity index (χ1v) is 7.77. The lowest BCUT2D eigenvalue weighted by molar-refractivity contribution is 0.0519. The molecule has 1 atom stereocenters. The van der Waals surface area contributed by atoms with Gasteiger partial charge in [0.25, 0.3) is 6.01 Å². The number of carbonyl (C=O) groups excluding carboxylic acids is 1. The summed E-state index contributed by atoms with van der Waals surface area (Å²) in [5.74, 6) is -0.400. The lowest BCUT2D eigenvalue weighted by Gasteiger charge is -2.22. The first kappa shape index (κ1) is 13.9. The van der Waals surface area contributed by atoms with E-state index < -0.39 is 21.3 Å². The molecule has 2 heterocycles. The van der Waals surface area contributed by atoms with Crippen LogP contribution in [0.5, 0.6) is 0 Å². The van der Waals surface area contributed by atoms with Crippen molar-refractivity contribution in [2.24, 2.45) is 0 Å². The molecule has 8 heteroatoms. The molecule has 1 unspecified atom stereocenters. The smallest absolute Gasteiger partial charge is 0.360 e. The molecule has 0 aliphatic carbocycles. The van der Waals surface area contributed by atoms with Gasteiger partial charge >= 0.3 is 5.97 Å². The highest BCUT2D eigenvalue weighted by Gasteiger charge is 2.39. The zero-order valence-corrected chi connectivity index (χ0v) is 11.6. The Bertz CT molecular complexity index is 580. The summed E-state index contributed by atoms with van der Waals surface area (Å²) >= 11 is 0. The zero-order chi connectivity index (χ0) is 14.1. The van der Waals surface area contributed by atoms with Gasteiger partial charge < -0.3 is 14.5 Å². The van der Waals surface area contributed by atoms with Gasteiger partial charge in [-0.05, 0) is 20.3 Å². The zero-order valence-electron chi connectivity index (χ0n) is 10.8. The number of aromatic nitrogens is 1. The van der Waals surface area contributed by atoms with Gasteiger partial charge in [-0.15, -0.1) is 0 Å². The molecule has 1 saturated heterocycles. The first-order chi connectivity index (χ1) is 8.84. The van der Waals surface area contributed by atoms with E-state index in [1.54, 1.807) is 13.8 Å². The number of nitrogens with zero attached hydrogens (tertiary/aromatic N) is 1. The van der Waals surface area contributed by atoms with Crippen molar-refractivity contribution in [3.8, 4) is 0 Å². The molecular weight excluding hydrogens is 272 g/mol. The molecule has 1 aliphatic rings. The van der Waals surface area contributed by atoms with Crippen LogP contribution in [0.2, 0.25) is 0 Å². The van der Waals surface area contributed by atoms with Crippen LogP contribution in [0, 0.1) is 0 Å². The van der Waals surface area contributed by atoms with E-state index in [1.165, 1.54) is 6.26 Å². The predicted octanol–water partition coefficient (Wildman–Crippen LogP) is 0.840. The lowest BCUT2D eigenvalue weighted by atomic mass is 10.0. The lowest BCUT2D eigenvalue weighted by Crippen LogP contribution is -2.36. The number of rotatable bonds is 4. The Morgan fingerprint density at radius 2 is 2.37 bits per heavy atom. The molecule has 19 heavy (non-hydrogen) atoms. The fraction of sp³-hybridized carbons (Fsp3) is 0.636. The molecule has 0 bridgehead atoms. The fourth-order valence-corrected chi connectivity index (χ4v) is 4.09. The van der Waals surface area contributed by atoms with Crippen LogP contribution in [0.15, 0.2) is 10.7 Å². The Labute approximate surface area is 111 Å². The average molecular weight is 288 g/mol. The van der Waals surface area contributed by atoms with Crippen molar-refractivity contribution in [2.45, 2.75) is 25.8 Å². The molecular formula is C11H16N2O5S. The van der Waals surface area contributed by atoms with Crippen LogP contribution in [0.1, 0.15) is 30.8 Å². The molecule has 0 saturated carbocycles. The summed E-state index contributed by atoms with van der Waals surface area (Å²) < 4.78 is 32.8. The molecule has 0 radical (unpaired) electrons. The molecule has 1 aliphatic heterocycles. The maximum absolute atomic E-state index is 11.5. The van der Waals surface area contributed by atoms with Crippen LogP contribution in [0.3, 0.4) is 0 Å². The van der Waals surface area contributed by atoms with Crippen molar-refractivity contribution in [1.82, 2.24) is 4.98 Å². The predicted molar refractivity (Wildman–Crippen MR) is 67.8 cm³/mol. The van der Waals surface area contributed by atoms with Gasteiger partial charge in [-0.25, -0.2) is 13.2 Å². The Morgan fingerprint density at radius 1 is 1.63 bits per heavy atom. The van der Waals surface area contributed by atoms with E-state index in [9.17, 15) is 13.2 Å². The highest BCUT2D eigenvalue weighted by atomic mass is 32.2. The van der Waals surface area contributed by atoms with E-state index in [0.29, 0.717) is 6.42 Å². The van der Waals surface area contributed by atoms with Crippen molar-refractivity contribution >= 4 is 21.8 Å². The van der Waals surface area contributed by atoms with Crippen LogP contribution >= 0.6 is 0 Å². The topological polar surface area (TPSA) is 98.5 Å². The molecule has 0 spiro atoms. The fourth-order valence-electron chi connectivity index (χ4n) is 2.00. The van der Waals surface area contributed by atoms with Crippen LogP contribution < -0.4 is 5.32 Å². The van der Waals surface area contributed by atoms with E-state index in [-0.39, 0.29) is 29.8 Å². The first-order valence-electron chi connectivity index (χ1n) is 5.95. The van der Waals surface area contributed by atoms with Gasteiger partial charge in [0.05, 0.1) is 23.7 Å². The normalized spacial score (nSPS) is 25.2. The van der Waals surface area contributed by atoms with Crippen molar-refractivity contribution in [3.05, 3.63) is 12.0 Å². The number of sulfone groups is 1. The number of esters is 1. The monoisotopic (exact) mass is 288 g/mol. The van der Waals surface area contributed by atoms with Gasteiger partial charge in [0.2, 0.25) is 0 Å². The number of oxazole rings is 1. The van der Waals surface area contributed by atoms with Gasteiger partial charge in [0, 0.05) is 0 Å². The standard InChI is InChI=1S/C11H16N2O5S/c1-3-17-9(14)8-6-18-10(12-8)13-11(2)4-5-19(15,16)7-11/h6H,3-5,7H2,1-2H3,(H,12,13). The molecule has 106 valence electrons. The Morgan fingerprint density at radius 3 is 2.95 bits per heavy atom. The van der Waals surface area contributed by atoms with E-state index in [2.05, 4.69) is 10.3 Å². The molecule has 0 amide bonds. The van der Waals surface area contributed by atoms with Gasteiger partial charge in [0.15, 0.2) is 15.5 Å². The van der Waals surface area contributed by atoms with Crippen LogP contribution in [-0.4, -0.2) is 43.0 Å². The Hall–Kier alpha value is -1.57. The molecule has 0 aromatic carbocycles. The second-order valence-electron chi connectivity index (χ2n) is 4.79. The summed E-state index contributed by atoms with van der Waals surface area (Å²) in [6, 6.07) is 0.127. The van der Waals surface area contributed by atoms with Crippen LogP contribution in [0.25, 0.3) is 0 Å². The number of ether oxygens (including phenoxy) is 1. The van der Waals surface area contributed by atoms with Crippen molar-refractivity contribution in [1.29, 1.82) is 0 Å². The highest BCUT2D eigenvalue weighted by molar-refractivity contribution is 7.91. The SMILES string of the molecule is CCOC(=O)c1coc(NC2(C)CCS(=O)(=O)C2)n1. The number of hydrogen-bond donors (Lipinski definition) is 1. The summed E-state index contributed by atoms with van der Waals surface area (Å²) in [5, 5.41) is 2.93. The van der Waals surface area contributed by atoms with Gasteiger partial charge in [-0.2, -0.15) is 4.98 Å². The third kappa shape index (κ3) is 3.25. The molecule has 1 aromatic rings. The molecule has 1 N–H and O–H groups in total. The maximum Gasteiger partial charge on any atom is 0.360 e. The summed E-state index contributed by atoms with van der Waals surface area (Å²) in [5.41, 5.74) is -0.552. The van der Waals surface area contributed by atoms with Crippen molar-refractivity contribution in [2.75, 3.05) is 23.4 Å². The summed E-state index contributed by atoms with van der Waals surface area (Å²) in [7, 11) is -3.02. The minimum Gasteiger partial charge on any atom is -0.461 e. The molecule has 1 aromatic heterocycles. The van der Waals surface area contributed by atoms with E-state index in [0.717, 1.165) is 0 Å². The van der Waals surface area contributed by atoms with Gasteiger partial charge in [0.1, 0.15) is 6.26 Å². The third-order valence-electron chi connectivity index (χ3n) is 2.90. The summed E-state index contributed by atoms with van der Waals surface area (Å²) in [6.07, 6.45) is 1.67. The minimum atomic E-state index is -3.02. The minimum absolute atomic E-state index is 0.0249. The quantitative estimate of drug-likeness (QED) is 0.819. The highest BCUT2D eigenvalue weighted by Crippen LogP contribution is 2.27. The van der Waals surface area contributed by atoms with E-state index in [1.807, 2.05) is 0 Å². The Kier molecular flexibility index (Phi) is 3.53. The van der Waals surface area contributed by atoms with Crippen LogP contribution in [-0.2, 0) is 14.6 Å². The summed E-state index contributed by atoms with van der Waals surface area (Å²) in [4.78, 5) is 15.3. The van der Waals surface area contributed by atoms with Gasteiger partial charge in [-0.1, -0.05) is 0 Å². The number of carbonyl (C=O) groups is 1. The van der Waals surface area contributed by atoms with E-state index in [4.69, 9.17) is 9.15 Å². The average Bonchev–Trinajstić information content (AvgIpc) is 2.84. The summed E-state index contributed by atoms with van der Waals surface area (Å²) in [6.45, 7) is 3.73. The van der Waals surface area contributed by atoms with Crippen molar-refractivity contribution in [3.63, 3.8) is 0 Å². The molecule has 1 fully saturated rings.